The highest BCUT2D eigenvalue weighted by Crippen LogP contribution is 2.26. The van der Waals surface area contributed by atoms with Crippen molar-refractivity contribution in [2.45, 2.75) is 0 Å². The number of benzene rings is 2. The van der Waals surface area contributed by atoms with Crippen molar-refractivity contribution in [2.24, 2.45) is 0 Å². The Bertz CT molecular complexity index is 924. The molecule has 1 saturated heterocycles. The molecule has 1 aliphatic rings. The highest BCUT2D eigenvalue weighted by atomic mass is 32.1. The van der Waals surface area contributed by atoms with Crippen molar-refractivity contribution < 1.29 is 24.2 Å². The van der Waals surface area contributed by atoms with Crippen molar-refractivity contribution in [3.05, 3.63) is 59.8 Å². The Morgan fingerprint density at radius 2 is 1.93 bits per heavy atom. The molecule has 0 radical (unpaired) electrons. The van der Waals surface area contributed by atoms with Gasteiger partial charge in [-0.15, -0.1) is 0 Å². The summed E-state index contributed by atoms with van der Waals surface area (Å²) in [6.45, 7) is -0.474. The van der Waals surface area contributed by atoms with Crippen molar-refractivity contribution in [3.63, 3.8) is 0 Å². The van der Waals surface area contributed by atoms with E-state index in [1.807, 2.05) is 0 Å². The Hall–Kier alpha value is -3.39. The molecule has 0 atom stereocenters. The lowest BCUT2D eigenvalue weighted by molar-refractivity contribution is -0.139. The number of para-hydroxylation sites is 1. The third kappa shape index (κ3) is 4.06. The summed E-state index contributed by atoms with van der Waals surface area (Å²) < 4.78 is 10.4. The lowest BCUT2D eigenvalue weighted by Gasteiger charge is -2.14. The van der Waals surface area contributed by atoms with Crippen LogP contribution in [-0.2, 0) is 9.59 Å². The average molecular weight is 384 g/mol. The van der Waals surface area contributed by atoms with Crippen LogP contribution in [0.3, 0.4) is 0 Å². The van der Waals surface area contributed by atoms with Crippen molar-refractivity contribution >= 4 is 41.0 Å². The van der Waals surface area contributed by atoms with Gasteiger partial charge in [0, 0.05) is 5.56 Å². The maximum atomic E-state index is 12.8. The van der Waals surface area contributed by atoms with E-state index in [1.54, 1.807) is 61.7 Å². The molecule has 2 aromatic carbocycles. The molecule has 1 heterocycles. The first-order valence-corrected chi connectivity index (χ1v) is 8.35. The van der Waals surface area contributed by atoms with Gasteiger partial charge >= 0.3 is 5.97 Å². The molecule has 3 rings (SSSR count). The van der Waals surface area contributed by atoms with Gasteiger partial charge in [-0.3, -0.25) is 9.69 Å². The van der Waals surface area contributed by atoms with Gasteiger partial charge in [0.25, 0.3) is 5.91 Å². The Balaban J connectivity index is 1.87. The second-order valence-electron chi connectivity index (χ2n) is 5.55. The number of aliphatic carboxylic acids is 1. The number of methoxy groups -OCH3 is 1. The molecule has 27 heavy (non-hydrogen) atoms. The van der Waals surface area contributed by atoms with Gasteiger partial charge in [-0.2, -0.15) is 0 Å². The maximum absolute atomic E-state index is 12.8. The molecule has 0 saturated carbocycles. The Morgan fingerprint density at radius 3 is 2.59 bits per heavy atom. The summed E-state index contributed by atoms with van der Waals surface area (Å²) in [4.78, 5) is 24.9. The number of amides is 1. The zero-order valence-corrected chi connectivity index (χ0v) is 15.2. The van der Waals surface area contributed by atoms with E-state index < -0.39 is 12.6 Å². The van der Waals surface area contributed by atoms with Gasteiger partial charge in [0.05, 0.1) is 12.8 Å². The predicted octanol–water partition coefficient (Wildman–Crippen LogP) is 2.42. The van der Waals surface area contributed by atoms with Crippen LogP contribution >= 0.6 is 12.2 Å². The minimum atomic E-state index is -1.08. The molecule has 1 aliphatic heterocycles. The maximum Gasteiger partial charge on any atom is 0.341 e. The number of hydrogen-bond donors (Lipinski definition) is 2. The molecule has 1 fully saturated rings. The normalized spacial score (nSPS) is 15.0. The largest absolute Gasteiger partial charge is 0.497 e. The number of rotatable bonds is 6. The number of carbonyl (C=O) groups excluding carboxylic acids is 1. The standard InChI is InChI=1S/C19H16N2O5S/c1-25-14-8-6-13(7-9-14)21-18(24)15(20-19(21)27)10-12-4-2-3-5-16(12)26-11-17(22)23/h2-10H,11H2,1H3,(H,20,27)(H,22,23). The van der Waals surface area contributed by atoms with Gasteiger partial charge in [0.2, 0.25) is 0 Å². The first-order chi connectivity index (χ1) is 13.0. The molecule has 0 aliphatic carbocycles. The average Bonchev–Trinajstić information content (AvgIpc) is 2.94. The van der Waals surface area contributed by atoms with Gasteiger partial charge in [-0.05, 0) is 48.6 Å². The Kier molecular flexibility index (Phi) is 5.37. The fourth-order valence-corrected chi connectivity index (χ4v) is 2.83. The van der Waals surface area contributed by atoms with Crippen LogP contribution in [0.25, 0.3) is 6.08 Å². The molecule has 0 bridgehead atoms. The molecule has 138 valence electrons. The van der Waals surface area contributed by atoms with E-state index >= 15 is 0 Å². The van der Waals surface area contributed by atoms with E-state index in [0.29, 0.717) is 22.7 Å². The molecule has 1 amide bonds. The van der Waals surface area contributed by atoms with Gasteiger partial charge in [-0.1, -0.05) is 18.2 Å². The quantitative estimate of drug-likeness (QED) is 0.584. The number of thiocarbonyl (C=S) groups is 1. The topological polar surface area (TPSA) is 88.1 Å². The number of anilines is 1. The summed E-state index contributed by atoms with van der Waals surface area (Å²) in [5, 5.41) is 11.9. The molecule has 7 nitrogen and oxygen atoms in total. The van der Waals surface area contributed by atoms with Gasteiger partial charge in [0.15, 0.2) is 11.7 Å². The lowest BCUT2D eigenvalue weighted by atomic mass is 10.1. The molecule has 0 spiro atoms. The van der Waals surface area contributed by atoms with Crippen LogP contribution in [0.15, 0.2) is 54.2 Å². The minimum absolute atomic E-state index is 0.250. The third-order valence-electron chi connectivity index (χ3n) is 3.78. The zero-order chi connectivity index (χ0) is 19.4. The lowest BCUT2D eigenvalue weighted by Crippen LogP contribution is -2.30. The van der Waals surface area contributed by atoms with Gasteiger partial charge in [0.1, 0.15) is 17.2 Å². The van der Waals surface area contributed by atoms with Crippen molar-refractivity contribution in [1.29, 1.82) is 0 Å². The highest BCUT2D eigenvalue weighted by Gasteiger charge is 2.32. The highest BCUT2D eigenvalue weighted by molar-refractivity contribution is 7.80. The number of nitrogens with one attached hydrogen (secondary N) is 1. The molecule has 0 aromatic heterocycles. The van der Waals surface area contributed by atoms with Crippen molar-refractivity contribution in [3.8, 4) is 11.5 Å². The van der Waals surface area contributed by atoms with Crippen molar-refractivity contribution in [1.82, 2.24) is 5.32 Å². The fraction of sp³-hybridized carbons (Fsp3) is 0.105. The summed E-state index contributed by atoms with van der Waals surface area (Å²) in [7, 11) is 1.56. The van der Waals surface area contributed by atoms with Gasteiger partial charge in [-0.25, -0.2) is 4.79 Å². The summed E-state index contributed by atoms with van der Waals surface area (Å²) in [5.41, 5.74) is 1.44. The first-order valence-electron chi connectivity index (χ1n) is 7.94. The Morgan fingerprint density at radius 1 is 1.22 bits per heavy atom. The minimum Gasteiger partial charge on any atom is -0.497 e. The van der Waals surface area contributed by atoms with Crippen LogP contribution in [0.5, 0.6) is 11.5 Å². The third-order valence-corrected chi connectivity index (χ3v) is 4.06. The number of carbonyl (C=O) groups is 2. The van der Waals surface area contributed by atoms with Crippen LogP contribution in [0.2, 0.25) is 0 Å². The molecule has 2 aromatic rings. The van der Waals surface area contributed by atoms with Crippen molar-refractivity contribution in [2.75, 3.05) is 18.6 Å². The molecule has 8 heteroatoms. The second-order valence-corrected chi connectivity index (χ2v) is 5.93. The molecular weight excluding hydrogens is 368 g/mol. The summed E-state index contributed by atoms with van der Waals surface area (Å²) in [6, 6.07) is 13.8. The van der Waals surface area contributed by atoms with Crippen LogP contribution in [0, 0.1) is 0 Å². The Labute approximate surface area is 160 Å². The summed E-state index contributed by atoms with van der Waals surface area (Å²) in [6.07, 6.45) is 1.58. The zero-order valence-electron chi connectivity index (χ0n) is 14.3. The van der Waals surface area contributed by atoms with Crippen LogP contribution in [0.4, 0.5) is 5.69 Å². The number of nitrogens with zero attached hydrogens (tertiary/aromatic N) is 1. The number of carboxylic acids is 1. The van der Waals surface area contributed by atoms with Gasteiger partial charge < -0.3 is 19.9 Å². The SMILES string of the molecule is COc1ccc(N2C(=O)C(=Cc3ccccc3OCC(=O)O)NC2=S)cc1. The monoisotopic (exact) mass is 384 g/mol. The van der Waals surface area contributed by atoms with Crippen LogP contribution in [-0.4, -0.2) is 35.8 Å². The van der Waals surface area contributed by atoms with E-state index in [1.165, 1.54) is 4.90 Å². The fourth-order valence-electron chi connectivity index (χ4n) is 2.53. The summed E-state index contributed by atoms with van der Waals surface area (Å²) in [5.74, 6) is -0.377. The number of hydrogen-bond acceptors (Lipinski definition) is 5. The van der Waals surface area contributed by atoms with E-state index in [2.05, 4.69) is 5.32 Å². The van der Waals surface area contributed by atoms with E-state index in [4.69, 9.17) is 26.8 Å². The second kappa shape index (κ2) is 7.88. The smallest absolute Gasteiger partial charge is 0.341 e. The summed E-state index contributed by atoms with van der Waals surface area (Å²) >= 11 is 5.29. The van der Waals surface area contributed by atoms with Crippen LogP contribution in [0.1, 0.15) is 5.56 Å². The number of carboxylic acid groups (broad SMARTS) is 1. The predicted molar refractivity (Wildman–Crippen MR) is 104 cm³/mol. The number of ether oxygens (including phenoxy) is 2. The molecular formula is C19H16N2O5S. The van der Waals surface area contributed by atoms with Crippen LogP contribution < -0.4 is 19.7 Å². The van der Waals surface area contributed by atoms with E-state index in [0.717, 1.165) is 0 Å². The molecule has 2 N–H and O–H groups in total. The first kappa shape index (κ1) is 18.4. The van der Waals surface area contributed by atoms with E-state index in [9.17, 15) is 9.59 Å². The van der Waals surface area contributed by atoms with E-state index in [-0.39, 0.29) is 16.7 Å². The molecule has 0 unspecified atom stereocenters.